The number of aromatic nitrogens is 2. The number of para-hydroxylation sites is 1. The summed E-state index contributed by atoms with van der Waals surface area (Å²) >= 11 is 3.15. The summed E-state index contributed by atoms with van der Waals surface area (Å²) in [5, 5.41) is 13.4. The largest absolute Gasteiger partial charge is 0.451 e. The molecule has 1 aliphatic rings. The number of carbonyl (C=O) groups is 1. The molecule has 0 saturated carbocycles. The van der Waals surface area contributed by atoms with Crippen molar-refractivity contribution < 1.29 is 9.21 Å². The number of amides is 1. The first-order chi connectivity index (χ1) is 14.9. The lowest BCUT2D eigenvalue weighted by Crippen LogP contribution is -2.47. The molecule has 3 unspecified atom stereocenters. The van der Waals surface area contributed by atoms with Crippen LogP contribution < -0.4 is 5.32 Å². The molecule has 2 aromatic heterocycles. The predicted molar refractivity (Wildman–Crippen MR) is 127 cm³/mol. The van der Waals surface area contributed by atoms with Gasteiger partial charge in [-0.3, -0.25) is 4.79 Å². The molecule has 3 aromatic rings. The number of thioether (sulfide) groups is 1. The molecule has 1 N–H and O–H groups in total. The average Bonchev–Trinajstić information content (AvgIpc) is 3.28. The van der Waals surface area contributed by atoms with E-state index in [2.05, 4.69) is 41.2 Å². The number of fused-ring (bicyclic) bond motifs is 1. The van der Waals surface area contributed by atoms with Crippen LogP contribution in [0.1, 0.15) is 48.3 Å². The van der Waals surface area contributed by atoms with Crippen molar-refractivity contribution in [3.05, 3.63) is 40.6 Å². The van der Waals surface area contributed by atoms with Crippen molar-refractivity contribution >= 4 is 40.0 Å². The Morgan fingerprint density at radius 3 is 2.74 bits per heavy atom. The van der Waals surface area contributed by atoms with E-state index >= 15 is 0 Å². The van der Waals surface area contributed by atoms with Crippen LogP contribution in [0.25, 0.3) is 11.0 Å². The topological polar surface area (TPSA) is 71.3 Å². The zero-order valence-corrected chi connectivity index (χ0v) is 20.2. The maximum absolute atomic E-state index is 13.2. The molecule has 6 nitrogen and oxygen atoms in total. The fourth-order valence-corrected chi connectivity index (χ4v) is 6.40. The van der Waals surface area contributed by atoms with Gasteiger partial charge in [-0.05, 0) is 38.2 Å². The van der Waals surface area contributed by atoms with E-state index in [-0.39, 0.29) is 11.9 Å². The standard InChI is InChI=1S/C23H30N4O2S2/c1-14-9-15(2)11-27(10-14)12-16(3)24-22(28)21-19(13-30-23-26-25-17(4)31-23)18-7-5-6-8-20(18)29-21/h5-8,14-16H,9-13H2,1-4H3,(H,24,28). The summed E-state index contributed by atoms with van der Waals surface area (Å²) in [7, 11) is 0. The van der Waals surface area contributed by atoms with Crippen molar-refractivity contribution in [3.63, 3.8) is 0 Å². The van der Waals surface area contributed by atoms with Crippen molar-refractivity contribution in [3.8, 4) is 0 Å². The Labute approximate surface area is 191 Å². The number of rotatable bonds is 7. The molecule has 0 bridgehead atoms. The van der Waals surface area contributed by atoms with Crippen LogP contribution in [-0.4, -0.2) is 46.7 Å². The van der Waals surface area contributed by atoms with Gasteiger partial charge in [0.1, 0.15) is 10.6 Å². The molecule has 3 heterocycles. The number of piperidine rings is 1. The summed E-state index contributed by atoms with van der Waals surface area (Å²) < 4.78 is 6.91. The molecular formula is C23H30N4O2S2. The summed E-state index contributed by atoms with van der Waals surface area (Å²) in [5.41, 5.74) is 1.65. The van der Waals surface area contributed by atoms with Crippen LogP contribution in [-0.2, 0) is 5.75 Å². The molecule has 1 aromatic carbocycles. The van der Waals surface area contributed by atoms with Crippen LogP contribution in [0.5, 0.6) is 0 Å². The molecule has 4 rings (SSSR count). The Morgan fingerprint density at radius 1 is 1.29 bits per heavy atom. The van der Waals surface area contributed by atoms with E-state index in [1.807, 2.05) is 31.2 Å². The van der Waals surface area contributed by atoms with Gasteiger partial charge in [-0.25, -0.2) is 0 Å². The Hall–Kier alpha value is -1.90. The summed E-state index contributed by atoms with van der Waals surface area (Å²) in [5.74, 6) is 2.28. The first-order valence-corrected chi connectivity index (χ1v) is 12.7. The quantitative estimate of drug-likeness (QED) is 0.504. The third-order valence-corrected chi connectivity index (χ3v) is 7.60. The fraction of sp³-hybridized carbons (Fsp3) is 0.522. The number of benzene rings is 1. The van der Waals surface area contributed by atoms with E-state index in [0.717, 1.165) is 45.5 Å². The second-order valence-corrected chi connectivity index (χ2v) is 11.2. The average molecular weight is 459 g/mol. The van der Waals surface area contributed by atoms with Crippen molar-refractivity contribution in [2.24, 2.45) is 11.8 Å². The van der Waals surface area contributed by atoms with E-state index in [1.54, 1.807) is 23.1 Å². The number of aryl methyl sites for hydroxylation is 1. The maximum Gasteiger partial charge on any atom is 0.287 e. The van der Waals surface area contributed by atoms with Crippen LogP contribution in [0.3, 0.4) is 0 Å². The monoisotopic (exact) mass is 458 g/mol. The lowest BCUT2D eigenvalue weighted by molar-refractivity contribution is 0.0879. The first-order valence-electron chi connectivity index (χ1n) is 10.9. The smallest absolute Gasteiger partial charge is 0.287 e. The molecule has 1 amide bonds. The molecule has 1 saturated heterocycles. The number of hydrogen-bond donors (Lipinski definition) is 1. The van der Waals surface area contributed by atoms with E-state index in [4.69, 9.17) is 4.42 Å². The highest BCUT2D eigenvalue weighted by Crippen LogP contribution is 2.33. The Kier molecular flexibility index (Phi) is 6.99. The van der Waals surface area contributed by atoms with Crippen molar-refractivity contribution in [2.75, 3.05) is 19.6 Å². The number of hydrogen-bond acceptors (Lipinski definition) is 7. The molecule has 0 radical (unpaired) electrons. The number of likely N-dealkylation sites (tertiary alicyclic amines) is 1. The third kappa shape index (κ3) is 5.48. The highest BCUT2D eigenvalue weighted by atomic mass is 32.2. The first kappa shape index (κ1) is 22.3. The predicted octanol–water partition coefficient (Wildman–Crippen LogP) is 4.98. The van der Waals surface area contributed by atoms with Gasteiger partial charge >= 0.3 is 0 Å². The normalized spacial score (nSPS) is 20.8. The zero-order valence-electron chi connectivity index (χ0n) is 18.6. The fourth-order valence-electron chi connectivity index (χ4n) is 4.56. The molecule has 166 valence electrons. The number of nitrogens with zero attached hydrogens (tertiary/aromatic N) is 3. The van der Waals surface area contributed by atoms with Gasteiger partial charge in [0.15, 0.2) is 10.1 Å². The Morgan fingerprint density at radius 2 is 2.03 bits per heavy atom. The van der Waals surface area contributed by atoms with E-state index < -0.39 is 0 Å². The van der Waals surface area contributed by atoms with E-state index in [1.165, 1.54) is 6.42 Å². The molecule has 0 aliphatic carbocycles. The van der Waals surface area contributed by atoms with Gasteiger partial charge in [0.2, 0.25) is 0 Å². The van der Waals surface area contributed by atoms with Gasteiger partial charge in [-0.1, -0.05) is 55.1 Å². The number of carbonyl (C=O) groups excluding carboxylic acids is 1. The van der Waals surface area contributed by atoms with Crippen LogP contribution in [0.2, 0.25) is 0 Å². The van der Waals surface area contributed by atoms with Crippen molar-refractivity contribution in [1.29, 1.82) is 0 Å². The molecule has 1 aliphatic heterocycles. The second-order valence-electron chi connectivity index (χ2n) is 8.82. The summed E-state index contributed by atoms with van der Waals surface area (Å²) in [6.07, 6.45) is 1.28. The van der Waals surface area contributed by atoms with Gasteiger partial charge in [0.05, 0.1) is 0 Å². The molecule has 31 heavy (non-hydrogen) atoms. The minimum absolute atomic E-state index is 0.0459. The Balaban J connectivity index is 1.47. The molecule has 3 atom stereocenters. The molecular weight excluding hydrogens is 428 g/mol. The lowest BCUT2D eigenvalue weighted by Gasteiger charge is -2.36. The van der Waals surface area contributed by atoms with Gasteiger partial charge in [-0.2, -0.15) is 0 Å². The van der Waals surface area contributed by atoms with Crippen LogP contribution in [0, 0.1) is 18.8 Å². The maximum atomic E-state index is 13.2. The highest BCUT2D eigenvalue weighted by Gasteiger charge is 2.25. The summed E-state index contributed by atoms with van der Waals surface area (Å²) in [6.45, 7) is 11.7. The van der Waals surface area contributed by atoms with Gasteiger partial charge < -0.3 is 14.6 Å². The second kappa shape index (κ2) is 9.71. The lowest BCUT2D eigenvalue weighted by atomic mass is 9.92. The van der Waals surface area contributed by atoms with E-state index in [0.29, 0.717) is 23.3 Å². The molecule has 1 fully saturated rings. The highest BCUT2D eigenvalue weighted by molar-refractivity contribution is 8.00. The van der Waals surface area contributed by atoms with Gasteiger partial charge in [0.25, 0.3) is 5.91 Å². The number of furan rings is 1. The third-order valence-electron chi connectivity index (χ3n) is 5.61. The van der Waals surface area contributed by atoms with Gasteiger partial charge in [-0.15, -0.1) is 10.2 Å². The SMILES string of the molecule is Cc1nnc(SCc2c(C(=O)NC(C)CN3CC(C)CC(C)C3)oc3ccccc23)s1. The van der Waals surface area contributed by atoms with Crippen LogP contribution in [0.4, 0.5) is 0 Å². The van der Waals surface area contributed by atoms with Crippen molar-refractivity contribution in [2.45, 2.75) is 50.3 Å². The Bertz CT molecular complexity index is 1040. The summed E-state index contributed by atoms with van der Waals surface area (Å²) in [6, 6.07) is 7.88. The summed E-state index contributed by atoms with van der Waals surface area (Å²) in [4.78, 5) is 15.6. The molecule has 8 heteroatoms. The van der Waals surface area contributed by atoms with E-state index in [9.17, 15) is 4.79 Å². The zero-order chi connectivity index (χ0) is 22.0. The minimum Gasteiger partial charge on any atom is -0.451 e. The van der Waals surface area contributed by atoms with Crippen LogP contribution in [0.15, 0.2) is 33.0 Å². The number of nitrogens with one attached hydrogen (secondary N) is 1. The van der Waals surface area contributed by atoms with Gasteiger partial charge in [0, 0.05) is 42.4 Å². The van der Waals surface area contributed by atoms with Crippen LogP contribution >= 0.6 is 23.1 Å². The minimum atomic E-state index is -0.147. The molecule has 0 spiro atoms. The van der Waals surface area contributed by atoms with Crippen molar-refractivity contribution in [1.82, 2.24) is 20.4 Å².